The first-order valence-electron chi connectivity index (χ1n) is 12.6. The van der Waals surface area contributed by atoms with Crippen molar-refractivity contribution in [1.29, 1.82) is 0 Å². The van der Waals surface area contributed by atoms with E-state index >= 15 is 0 Å². The summed E-state index contributed by atoms with van der Waals surface area (Å²) in [7, 11) is -2.64. The standard InChI is InChI=1S/C29H24Cl2N2O7S/c30-22-12-20-14-33(28(35)19-5-4-18-7-9-40-24(18)13-19)8-6-21(20)26(31)25(22)27(34)32-23(29(36)37)11-16-2-1-3-17(10-16)15-41(38)39/h1-5,7,9-10,12-13,23,41H,6,8,11,14-15H2,(H,32,34)(H,36,37)/t23-/m0/s1. The zero-order valence-electron chi connectivity index (χ0n) is 21.4. The van der Waals surface area contributed by atoms with Crippen molar-refractivity contribution in [2.24, 2.45) is 0 Å². The van der Waals surface area contributed by atoms with E-state index in [-0.39, 0.29) is 40.2 Å². The fourth-order valence-corrected chi connectivity index (χ4v) is 6.23. The molecule has 1 aliphatic heterocycles. The molecule has 2 amide bonds. The zero-order valence-corrected chi connectivity index (χ0v) is 23.8. The van der Waals surface area contributed by atoms with Crippen molar-refractivity contribution in [2.75, 3.05) is 6.54 Å². The molecule has 1 atom stereocenters. The molecule has 3 aromatic carbocycles. The molecule has 1 aliphatic rings. The Morgan fingerprint density at radius 1 is 1.05 bits per heavy atom. The summed E-state index contributed by atoms with van der Waals surface area (Å²) in [5.41, 5.74) is 3.47. The normalized spacial score (nSPS) is 13.7. The number of carbonyl (C=O) groups is 3. The van der Waals surface area contributed by atoms with Gasteiger partial charge >= 0.3 is 5.97 Å². The highest BCUT2D eigenvalue weighted by Crippen LogP contribution is 2.35. The number of amides is 2. The minimum absolute atomic E-state index is 0.0305. The number of halogens is 2. The third-order valence-electron chi connectivity index (χ3n) is 6.97. The van der Waals surface area contributed by atoms with Gasteiger partial charge in [0.15, 0.2) is 0 Å². The second-order valence-corrected chi connectivity index (χ2v) is 11.5. The number of hydrogen-bond acceptors (Lipinski definition) is 6. The minimum atomic E-state index is -2.64. The number of benzene rings is 3. The Kier molecular flexibility index (Phi) is 8.35. The Labute approximate surface area is 246 Å². The molecule has 41 heavy (non-hydrogen) atoms. The van der Waals surface area contributed by atoms with Gasteiger partial charge in [-0.3, -0.25) is 9.59 Å². The van der Waals surface area contributed by atoms with Crippen LogP contribution < -0.4 is 5.32 Å². The van der Waals surface area contributed by atoms with Crippen LogP contribution in [0.3, 0.4) is 0 Å². The van der Waals surface area contributed by atoms with Crippen LogP contribution in [0.15, 0.2) is 65.3 Å². The van der Waals surface area contributed by atoms with Crippen LogP contribution in [0.1, 0.15) is 43.0 Å². The van der Waals surface area contributed by atoms with E-state index in [4.69, 9.17) is 27.6 Å². The number of hydrogen-bond donors (Lipinski definition) is 3. The summed E-state index contributed by atoms with van der Waals surface area (Å²) in [6.45, 7) is 0.585. The SMILES string of the molecule is O=C(N[C@@H](Cc1cccc(C[SH](=O)=O)c1)C(=O)O)c1c(Cl)cc2c(c1Cl)CCN(C(=O)c1ccc3ccoc3c1)C2. The number of carboxylic acid groups (broad SMARTS) is 1. The zero-order chi connectivity index (χ0) is 29.3. The van der Waals surface area contributed by atoms with Gasteiger partial charge in [-0.25, -0.2) is 13.2 Å². The highest BCUT2D eigenvalue weighted by atomic mass is 35.5. The van der Waals surface area contributed by atoms with Crippen molar-refractivity contribution in [3.8, 4) is 0 Å². The number of thiol groups is 1. The number of fused-ring (bicyclic) bond motifs is 2. The molecule has 0 spiro atoms. The van der Waals surface area contributed by atoms with E-state index in [1.165, 1.54) is 0 Å². The molecule has 0 saturated heterocycles. The van der Waals surface area contributed by atoms with Crippen LogP contribution >= 0.6 is 23.2 Å². The topological polar surface area (TPSA) is 134 Å². The lowest BCUT2D eigenvalue weighted by molar-refractivity contribution is -0.139. The van der Waals surface area contributed by atoms with Crippen LogP contribution in [-0.2, 0) is 40.6 Å². The maximum Gasteiger partial charge on any atom is 0.326 e. The van der Waals surface area contributed by atoms with Crippen LogP contribution in [0.2, 0.25) is 10.0 Å². The first kappa shape index (κ1) is 28.7. The average Bonchev–Trinajstić information content (AvgIpc) is 3.40. The third kappa shape index (κ3) is 6.24. The fourth-order valence-electron chi connectivity index (χ4n) is 4.97. The van der Waals surface area contributed by atoms with E-state index < -0.39 is 28.6 Å². The lowest BCUT2D eigenvalue weighted by atomic mass is 9.95. The molecule has 12 heteroatoms. The quantitative estimate of drug-likeness (QED) is 0.249. The molecule has 2 N–H and O–H groups in total. The maximum atomic E-state index is 13.2. The molecule has 9 nitrogen and oxygen atoms in total. The second kappa shape index (κ2) is 11.9. The second-order valence-electron chi connectivity index (χ2n) is 9.71. The first-order chi connectivity index (χ1) is 19.6. The van der Waals surface area contributed by atoms with Gasteiger partial charge in [0.2, 0.25) is 0 Å². The highest BCUT2D eigenvalue weighted by Gasteiger charge is 2.30. The molecule has 4 aromatic rings. The predicted octanol–water partition coefficient (Wildman–Crippen LogP) is 4.48. The average molecular weight is 615 g/mol. The number of nitrogens with zero attached hydrogens (tertiary/aromatic N) is 1. The van der Waals surface area contributed by atoms with Crippen molar-refractivity contribution >= 4 is 62.7 Å². The monoisotopic (exact) mass is 614 g/mol. The van der Waals surface area contributed by atoms with Gasteiger partial charge in [-0.2, -0.15) is 0 Å². The summed E-state index contributed by atoms with van der Waals surface area (Å²) >= 11 is 13.1. The third-order valence-corrected chi connectivity index (χ3v) is 8.31. The largest absolute Gasteiger partial charge is 0.480 e. The Morgan fingerprint density at radius 2 is 1.83 bits per heavy atom. The Balaban J connectivity index is 1.33. The number of rotatable bonds is 8. The molecule has 0 radical (unpaired) electrons. The highest BCUT2D eigenvalue weighted by molar-refractivity contribution is 7.71. The number of nitrogens with one attached hydrogen (secondary N) is 1. The number of carbonyl (C=O) groups excluding carboxylic acids is 2. The molecule has 212 valence electrons. The molecule has 0 fully saturated rings. The van der Waals surface area contributed by atoms with Crippen LogP contribution in [0.25, 0.3) is 11.0 Å². The fraction of sp³-hybridized carbons (Fsp3) is 0.207. The smallest absolute Gasteiger partial charge is 0.326 e. The molecule has 2 heterocycles. The van der Waals surface area contributed by atoms with E-state index in [1.54, 1.807) is 53.6 Å². The van der Waals surface area contributed by atoms with Gasteiger partial charge in [0.1, 0.15) is 22.3 Å². The summed E-state index contributed by atoms with van der Waals surface area (Å²) in [5, 5.41) is 13.3. The molecule has 0 aliphatic carbocycles. The summed E-state index contributed by atoms with van der Waals surface area (Å²) in [5.74, 6) is -2.38. The Bertz CT molecular complexity index is 1760. The van der Waals surface area contributed by atoms with Crippen LogP contribution in [-0.4, -0.2) is 48.8 Å². The van der Waals surface area contributed by atoms with Crippen LogP contribution in [0, 0.1) is 0 Å². The lowest BCUT2D eigenvalue weighted by Gasteiger charge is -2.30. The summed E-state index contributed by atoms with van der Waals surface area (Å²) in [4.78, 5) is 40.1. The predicted molar refractivity (Wildman–Crippen MR) is 154 cm³/mol. The van der Waals surface area contributed by atoms with Crippen molar-refractivity contribution in [3.63, 3.8) is 0 Å². The number of furan rings is 1. The van der Waals surface area contributed by atoms with Gasteiger partial charge in [0.05, 0.1) is 27.6 Å². The van der Waals surface area contributed by atoms with Gasteiger partial charge < -0.3 is 19.7 Å². The van der Waals surface area contributed by atoms with Crippen LogP contribution in [0.5, 0.6) is 0 Å². The number of aliphatic carboxylic acids is 1. The number of carboxylic acids is 1. The van der Waals surface area contributed by atoms with E-state index in [0.29, 0.717) is 46.4 Å². The molecular weight excluding hydrogens is 591 g/mol. The van der Waals surface area contributed by atoms with Gasteiger partial charge in [-0.1, -0.05) is 53.5 Å². The van der Waals surface area contributed by atoms with E-state index in [9.17, 15) is 27.9 Å². The summed E-state index contributed by atoms with van der Waals surface area (Å²) < 4.78 is 27.5. The van der Waals surface area contributed by atoms with Crippen molar-refractivity contribution in [2.45, 2.75) is 31.2 Å². The Morgan fingerprint density at radius 3 is 2.59 bits per heavy atom. The van der Waals surface area contributed by atoms with E-state index in [2.05, 4.69) is 5.32 Å². The molecule has 0 saturated carbocycles. The molecule has 0 bridgehead atoms. The van der Waals surface area contributed by atoms with Crippen molar-refractivity contribution in [1.82, 2.24) is 10.2 Å². The van der Waals surface area contributed by atoms with Crippen molar-refractivity contribution in [3.05, 3.63) is 104 Å². The van der Waals surface area contributed by atoms with E-state index in [0.717, 1.165) is 5.39 Å². The maximum absolute atomic E-state index is 13.2. The van der Waals surface area contributed by atoms with Gasteiger partial charge in [-0.05, 0) is 52.9 Å². The van der Waals surface area contributed by atoms with Gasteiger partial charge in [0, 0.05) is 30.5 Å². The van der Waals surface area contributed by atoms with Gasteiger partial charge in [-0.15, -0.1) is 0 Å². The molecular formula is C29H24Cl2N2O7S. The van der Waals surface area contributed by atoms with Crippen molar-refractivity contribution < 1.29 is 32.3 Å². The van der Waals surface area contributed by atoms with Crippen LogP contribution in [0.4, 0.5) is 0 Å². The molecule has 0 unspecified atom stereocenters. The Hall–Kier alpha value is -3.86. The first-order valence-corrected chi connectivity index (χ1v) is 14.7. The van der Waals surface area contributed by atoms with Gasteiger partial charge in [0.25, 0.3) is 11.8 Å². The minimum Gasteiger partial charge on any atom is -0.480 e. The molecule has 5 rings (SSSR count). The molecule has 1 aromatic heterocycles. The lowest BCUT2D eigenvalue weighted by Crippen LogP contribution is -2.42. The summed E-state index contributed by atoms with van der Waals surface area (Å²) in [6, 6.07) is 13.8. The summed E-state index contributed by atoms with van der Waals surface area (Å²) in [6.07, 6.45) is 1.86. The van der Waals surface area contributed by atoms with E-state index in [1.807, 2.05) is 12.1 Å².